The van der Waals surface area contributed by atoms with Crippen molar-refractivity contribution in [2.45, 2.75) is 39.8 Å². The first kappa shape index (κ1) is 21.4. The molecule has 0 aliphatic heterocycles. The second-order valence-electron chi connectivity index (χ2n) is 7.87. The smallest absolute Gasteiger partial charge is 0.337 e. The van der Waals surface area contributed by atoms with Crippen LogP contribution in [0.5, 0.6) is 11.5 Å². The molecule has 0 unspecified atom stereocenters. The SMILES string of the molecule is COC(=O)c1ccc(Oc2c(C)n(CC(=O)OC(C)(C)C)c3ccc(F)cc23)cc1. The number of rotatable bonds is 5. The highest BCUT2D eigenvalue weighted by Gasteiger charge is 2.22. The molecule has 0 saturated carbocycles. The van der Waals surface area contributed by atoms with E-state index in [-0.39, 0.29) is 6.54 Å². The lowest BCUT2D eigenvalue weighted by Gasteiger charge is -2.20. The monoisotopic (exact) mass is 413 g/mol. The second kappa shape index (κ2) is 8.18. The summed E-state index contributed by atoms with van der Waals surface area (Å²) in [4.78, 5) is 24.0. The van der Waals surface area contributed by atoms with Crippen LogP contribution in [-0.2, 0) is 20.8 Å². The zero-order valence-corrected chi connectivity index (χ0v) is 17.6. The van der Waals surface area contributed by atoms with Crippen LogP contribution in [0, 0.1) is 12.7 Å². The van der Waals surface area contributed by atoms with E-state index in [4.69, 9.17) is 14.2 Å². The average molecular weight is 413 g/mol. The average Bonchev–Trinajstić information content (AvgIpc) is 2.91. The highest BCUT2D eigenvalue weighted by atomic mass is 19.1. The lowest BCUT2D eigenvalue weighted by Crippen LogP contribution is -2.26. The zero-order chi connectivity index (χ0) is 22.1. The fourth-order valence-electron chi connectivity index (χ4n) is 3.15. The van der Waals surface area contributed by atoms with Crippen molar-refractivity contribution in [3.8, 4) is 11.5 Å². The first-order valence-electron chi connectivity index (χ1n) is 9.45. The van der Waals surface area contributed by atoms with E-state index < -0.39 is 23.4 Å². The van der Waals surface area contributed by atoms with Crippen LogP contribution in [0.3, 0.4) is 0 Å². The molecular formula is C23H24FNO5. The number of carbonyl (C=O) groups is 2. The fraction of sp³-hybridized carbons (Fsp3) is 0.304. The van der Waals surface area contributed by atoms with Crippen LogP contribution in [0.4, 0.5) is 4.39 Å². The van der Waals surface area contributed by atoms with Crippen LogP contribution in [0.1, 0.15) is 36.8 Å². The van der Waals surface area contributed by atoms with E-state index in [0.717, 1.165) is 0 Å². The lowest BCUT2D eigenvalue weighted by molar-refractivity contribution is -0.155. The minimum absolute atomic E-state index is 0.0319. The Balaban J connectivity index is 1.98. The molecule has 0 fully saturated rings. The molecule has 1 heterocycles. The normalized spacial score (nSPS) is 11.4. The van der Waals surface area contributed by atoms with E-state index in [2.05, 4.69) is 0 Å². The van der Waals surface area contributed by atoms with Crippen LogP contribution < -0.4 is 4.74 Å². The Morgan fingerprint density at radius 2 is 1.73 bits per heavy atom. The Kier molecular flexibility index (Phi) is 5.82. The quantitative estimate of drug-likeness (QED) is 0.550. The Labute approximate surface area is 174 Å². The number of hydrogen-bond acceptors (Lipinski definition) is 5. The fourth-order valence-corrected chi connectivity index (χ4v) is 3.15. The van der Waals surface area contributed by atoms with Gasteiger partial charge in [0.25, 0.3) is 0 Å². The third-order valence-electron chi connectivity index (χ3n) is 4.43. The molecule has 0 N–H and O–H groups in total. The first-order chi connectivity index (χ1) is 14.1. The summed E-state index contributed by atoms with van der Waals surface area (Å²) in [6.45, 7) is 7.16. The van der Waals surface area contributed by atoms with Crippen molar-refractivity contribution in [3.63, 3.8) is 0 Å². The van der Waals surface area contributed by atoms with Gasteiger partial charge >= 0.3 is 11.9 Å². The molecule has 6 nitrogen and oxygen atoms in total. The van der Waals surface area contributed by atoms with Gasteiger partial charge in [0, 0.05) is 5.39 Å². The molecule has 0 atom stereocenters. The van der Waals surface area contributed by atoms with Gasteiger partial charge in [-0.05, 0) is 70.2 Å². The third-order valence-corrected chi connectivity index (χ3v) is 4.43. The Morgan fingerprint density at radius 3 is 2.33 bits per heavy atom. The highest BCUT2D eigenvalue weighted by molar-refractivity contribution is 5.91. The minimum Gasteiger partial charge on any atom is -0.465 e. The van der Waals surface area contributed by atoms with E-state index in [1.54, 1.807) is 62.6 Å². The molecule has 1 aromatic heterocycles. The van der Waals surface area contributed by atoms with Crippen molar-refractivity contribution in [2.75, 3.05) is 7.11 Å². The molecule has 0 saturated heterocycles. The summed E-state index contributed by atoms with van der Waals surface area (Å²) in [7, 11) is 1.31. The van der Waals surface area contributed by atoms with Crippen LogP contribution in [0.15, 0.2) is 42.5 Å². The number of ether oxygens (including phenoxy) is 3. The highest BCUT2D eigenvalue weighted by Crippen LogP contribution is 2.36. The molecule has 0 amide bonds. The largest absolute Gasteiger partial charge is 0.465 e. The van der Waals surface area contributed by atoms with Crippen molar-refractivity contribution in [3.05, 3.63) is 59.5 Å². The molecule has 7 heteroatoms. The van der Waals surface area contributed by atoms with Gasteiger partial charge in [0.15, 0.2) is 5.75 Å². The van der Waals surface area contributed by atoms with Gasteiger partial charge in [-0.25, -0.2) is 9.18 Å². The third kappa shape index (κ3) is 4.62. The van der Waals surface area contributed by atoms with Gasteiger partial charge in [-0.15, -0.1) is 0 Å². The topological polar surface area (TPSA) is 66.8 Å². The molecule has 158 valence electrons. The Hall–Kier alpha value is -3.35. The summed E-state index contributed by atoms with van der Waals surface area (Å²) in [5.41, 5.74) is 1.08. The summed E-state index contributed by atoms with van der Waals surface area (Å²) in [5.74, 6) is -0.373. The predicted octanol–water partition coefficient (Wildman–Crippen LogP) is 5.01. The standard InChI is InChI=1S/C23H24FNO5/c1-14-21(29-17-9-6-15(7-10-17)22(27)28-5)18-12-16(24)8-11-19(18)25(14)13-20(26)30-23(2,3)4/h6-12H,13H2,1-5H3. The molecule has 0 aliphatic rings. The van der Waals surface area contributed by atoms with E-state index in [1.807, 2.05) is 0 Å². The lowest BCUT2D eigenvalue weighted by atomic mass is 10.2. The molecule has 0 radical (unpaired) electrons. The number of esters is 2. The van der Waals surface area contributed by atoms with Crippen LogP contribution >= 0.6 is 0 Å². The van der Waals surface area contributed by atoms with E-state index in [1.165, 1.54) is 19.2 Å². The number of benzene rings is 2. The van der Waals surface area contributed by atoms with Crippen molar-refractivity contribution in [1.29, 1.82) is 0 Å². The first-order valence-corrected chi connectivity index (χ1v) is 9.45. The molecule has 2 aromatic carbocycles. The number of methoxy groups -OCH3 is 1. The molecular weight excluding hydrogens is 389 g/mol. The maximum atomic E-state index is 14.0. The molecule has 3 aromatic rings. The van der Waals surface area contributed by atoms with Crippen molar-refractivity contribution < 1.29 is 28.2 Å². The summed E-state index contributed by atoms with van der Waals surface area (Å²) in [5, 5.41) is 0.535. The van der Waals surface area contributed by atoms with Gasteiger partial charge in [-0.1, -0.05) is 0 Å². The van der Waals surface area contributed by atoms with Crippen molar-refractivity contribution in [2.24, 2.45) is 0 Å². The number of fused-ring (bicyclic) bond motifs is 1. The summed E-state index contributed by atoms with van der Waals surface area (Å²) in [6.07, 6.45) is 0. The van der Waals surface area contributed by atoms with E-state index in [9.17, 15) is 14.0 Å². The number of nitrogens with zero attached hydrogens (tertiary/aromatic N) is 1. The van der Waals surface area contributed by atoms with E-state index in [0.29, 0.717) is 33.7 Å². The van der Waals surface area contributed by atoms with Gasteiger partial charge in [0.05, 0.1) is 23.9 Å². The Morgan fingerprint density at radius 1 is 1.07 bits per heavy atom. The molecule has 0 bridgehead atoms. The van der Waals surface area contributed by atoms with Gasteiger partial charge in [0.1, 0.15) is 23.7 Å². The summed E-state index contributed by atoms with van der Waals surface area (Å²) < 4.78 is 31.8. The number of halogens is 1. The zero-order valence-electron chi connectivity index (χ0n) is 17.6. The van der Waals surface area contributed by atoms with Gasteiger partial charge in [-0.3, -0.25) is 4.79 Å². The van der Waals surface area contributed by atoms with Crippen molar-refractivity contribution in [1.82, 2.24) is 4.57 Å². The number of hydrogen-bond donors (Lipinski definition) is 0. The van der Waals surface area contributed by atoms with Crippen LogP contribution in [0.25, 0.3) is 10.9 Å². The summed E-state index contributed by atoms with van der Waals surface area (Å²) in [6, 6.07) is 10.7. The Bertz CT molecular complexity index is 1090. The van der Waals surface area contributed by atoms with Gasteiger partial charge in [0.2, 0.25) is 0 Å². The van der Waals surface area contributed by atoms with Crippen molar-refractivity contribution >= 4 is 22.8 Å². The van der Waals surface area contributed by atoms with Gasteiger partial charge < -0.3 is 18.8 Å². The van der Waals surface area contributed by atoms with Crippen LogP contribution in [-0.4, -0.2) is 29.2 Å². The molecule has 0 spiro atoms. The minimum atomic E-state index is -0.610. The molecule has 0 aliphatic carbocycles. The number of aromatic nitrogens is 1. The second-order valence-corrected chi connectivity index (χ2v) is 7.87. The predicted molar refractivity (Wildman–Crippen MR) is 110 cm³/mol. The van der Waals surface area contributed by atoms with Crippen LogP contribution in [0.2, 0.25) is 0 Å². The maximum Gasteiger partial charge on any atom is 0.337 e. The molecule has 30 heavy (non-hydrogen) atoms. The van der Waals surface area contributed by atoms with E-state index >= 15 is 0 Å². The maximum absolute atomic E-state index is 14.0. The summed E-state index contributed by atoms with van der Waals surface area (Å²) >= 11 is 0. The van der Waals surface area contributed by atoms with Gasteiger partial charge in [-0.2, -0.15) is 0 Å². The molecule has 3 rings (SSSR count). The number of carbonyl (C=O) groups excluding carboxylic acids is 2.